The van der Waals surface area contributed by atoms with Gasteiger partial charge in [0, 0.05) is 10.4 Å². The molecule has 0 atom stereocenters. The summed E-state index contributed by atoms with van der Waals surface area (Å²) in [4.78, 5) is 0. The summed E-state index contributed by atoms with van der Waals surface area (Å²) in [6, 6.07) is 6.33. The molecule has 0 aliphatic carbocycles. The first-order valence-corrected chi connectivity index (χ1v) is 4.67. The smallest absolute Gasteiger partial charge is 0.0230 e. The van der Waals surface area contributed by atoms with Crippen molar-refractivity contribution in [2.75, 3.05) is 0 Å². The first kappa shape index (κ1) is 9.53. The van der Waals surface area contributed by atoms with Gasteiger partial charge in [-0.3, -0.25) is 0 Å². The molecule has 1 aromatic rings. The standard InChI is InChI=1S/C11H12Br/c1-4-8(2)10-6-5-9(3)11(12)7-10/h4-7H,1H2,2-3H3. The number of rotatable bonds is 2. The molecule has 0 aliphatic rings. The van der Waals surface area contributed by atoms with Gasteiger partial charge in [-0.25, -0.2) is 0 Å². The third-order valence-corrected chi connectivity index (χ3v) is 2.79. The summed E-state index contributed by atoms with van der Waals surface area (Å²) in [5.74, 6) is 1.20. The van der Waals surface area contributed by atoms with E-state index >= 15 is 0 Å². The van der Waals surface area contributed by atoms with Crippen molar-refractivity contribution in [3.63, 3.8) is 0 Å². The Kier molecular flexibility index (Phi) is 3.10. The number of benzene rings is 1. The molecule has 0 nitrogen and oxygen atoms in total. The lowest BCUT2D eigenvalue weighted by atomic mass is 10.0. The monoisotopic (exact) mass is 223 g/mol. The fourth-order valence-electron chi connectivity index (χ4n) is 0.956. The second-order valence-corrected chi connectivity index (χ2v) is 3.71. The van der Waals surface area contributed by atoms with Gasteiger partial charge < -0.3 is 0 Å². The van der Waals surface area contributed by atoms with Gasteiger partial charge in [-0.1, -0.05) is 41.1 Å². The van der Waals surface area contributed by atoms with Crippen molar-refractivity contribution in [1.29, 1.82) is 0 Å². The maximum atomic E-state index is 3.74. The van der Waals surface area contributed by atoms with Crippen LogP contribution in [-0.2, 0) is 0 Å². The van der Waals surface area contributed by atoms with E-state index in [1.165, 1.54) is 17.0 Å². The highest BCUT2D eigenvalue weighted by Crippen LogP contribution is 2.22. The zero-order valence-corrected chi connectivity index (χ0v) is 8.98. The van der Waals surface area contributed by atoms with Crippen LogP contribution in [0.5, 0.6) is 0 Å². The van der Waals surface area contributed by atoms with E-state index in [2.05, 4.69) is 54.6 Å². The van der Waals surface area contributed by atoms with E-state index in [0.29, 0.717) is 0 Å². The first-order valence-electron chi connectivity index (χ1n) is 3.87. The predicted octanol–water partition coefficient (Wildman–Crippen LogP) is 3.89. The first-order chi connectivity index (χ1) is 5.65. The number of aryl methyl sites for hydroxylation is 1. The van der Waals surface area contributed by atoms with Gasteiger partial charge in [0.2, 0.25) is 0 Å². The normalized spacial score (nSPS) is 10.3. The van der Waals surface area contributed by atoms with Crippen molar-refractivity contribution >= 4 is 15.9 Å². The molecule has 1 aromatic carbocycles. The number of hydrogen-bond donors (Lipinski definition) is 0. The van der Waals surface area contributed by atoms with Crippen LogP contribution in [0.3, 0.4) is 0 Å². The van der Waals surface area contributed by atoms with Crippen LogP contribution in [0.1, 0.15) is 18.1 Å². The highest BCUT2D eigenvalue weighted by atomic mass is 79.9. The molecule has 0 heterocycles. The van der Waals surface area contributed by atoms with E-state index in [-0.39, 0.29) is 0 Å². The van der Waals surface area contributed by atoms with Crippen molar-refractivity contribution in [2.24, 2.45) is 0 Å². The maximum absolute atomic E-state index is 3.74. The third-order valence-electron chi connectivity index (χ3n) is 1.93. The van der Waals surface area contributed by atoms with Crippen molar-refractivity contribution in [3.8, 4) is 0 Å². The topological polar surface area (TPSA) is 0 Å². The molecule has 0 bridgehead atoms. The van der Waals surface area contributed by atoms with Crippen molar-refractivity contribution in [1.82, 2.24) is 0 Å². The van der Waals surface area contributed by atoms with Crippen LogP contribution >= 0.6 is 15.9 Å². The van der Waals surface area contributed by atoms with E-state index in [9.17, 15) is 0 Å². The summed E-state index contributed by atoms with van der Waals surface area (Å²) in [5.41, 5.74) is 2.48. The quantitative estimate of drug-likeness (QED) is 0.714. The average Bonchev–Trinajstić information content (AvgIpc) is 2.08. The maximum Gasteiger partial charge on any atom is 0.0230 e. The molecule has 0 aromatic heterocycles. The molecule has 0 fully saturated rings. The molecule has 0 N–H and O–H groups in total. The van der Waals surface area contributed by atoms with Crippen LogP contribution in [0.4, 0.5) is 0 Å². The average molecular weight is 224 g/mol. The minimum absolute atomic E-state index is 1.15. The van der Waals surface area contributed by atoms with Crippen molar-refractivity contribution in [3.05, 3.63) is 52.4 Å². The van der Waals surface area contributed by atoms with Crippen LogP contribution in [0.15, 0.2) is 35.3 Å². The van der Waals surface area contributed by atoms with Crippen LogP contribution < -0.4 is 0 Å². The molecule has 1 heteroatoms. The molecule has 0 saturated heterocycles. The van der Waals surface area contributed by atoms with E-state index in [4.69, 9.17) is 0 Å². The Morgan fingerprint density at radius 2 is 2.17 bits per heavy atom. The van der Waals surface area contributed by atoms with Crippen LogP contribution in [0.2, 0.25) is 0 Å². The summed E-state index contributed by atoms with van der Waals surface area (Å²) < 4.78 is 1.15. The Labute approximate surface area is 82.4 Å². The predicted molar refractivity (Wildman–Crippen MR) is 57.1 cm³/mol. The van der Waals surface area contributed by atoms with Gasteiger partial charge >= 0.3 is 0 Å². The molecule has 0 aliphatic heterocycles. The van der Waals surface area contributed by atoms with Crippen molar-refractivity contribution < 1.29 is 0 Å². The lowest BCUT2D eigenvalue weighted by Gasteiger charge is -2.06. The summed E-state index contributed by atoms with van der Waals surface area (Å²) in [6.07, 6.45) is 1.87. The number of allylic oxidation sites excluding steroid dienone is 1. The fourth-order valence-corrected chi connectivity index (χ4v) is 1.33. The summed E-state index contributed by atoms with van der Waals surface area (Å²) in [7, 11) is 0. The van der Waals surface area contributed by atoms with Crippen molar-refractivity contribution in [2.45, 2.75) is 13.8 Å². The molecular formula is C11H12Br. The zero-order valence-electron chi connectivity index (χ0n) is 7.39. The van der Waals surface area contributed by atoms with E-state index in [1.807, 2.05) is 6.08 Å². The van der Waals surface area contributed by atoms with Gasteiger partial charge in [0.1, 0.15) is 0 Å². The summed E-state index contributed by atoms with van der Waals surface area (Å²) in [6.45, 7) is 7.88. The van der Waals surface area contributed by atoms with E-state index in [0.717, 1.165) is 4.47 Å². The zero-order chi connectivity index (χ0) is 9.14. The summed E-state index contributed by atoms with van der Waals surface area (Å²) >= 11 is 3.50. The van der Waals surface area contributed by atoms with E-state index in [1.54, 1.807) is 0 Å². The van der Waals surface area contributed by atoms with Gasteiger partial charge in [0.15, 0.2) is 0 Å². The Hall–Kier alpha value is -0.560. The second kappa shape index (κ2) is 3.90. The molecule has 1 radical (unpaired) electrons. The minimum atomic E-state index is 1.15. The Morgan fingerprint density at radius 1 is 1.50 bits per heavy atom. The second-order valence-electron chi connectivity index (χ2n) is 2.85. The van der Waals surface area contributed by atoms with Gasteiger partial charge in [-0.05, 0) is 24.1 Å². The molecule has 0 spiro atoms. The molecule has 0 saturated carbocycles. The van der Waals surface area contributed by atoms with Gasteiger partial charge in [-0.15, -0.1) is 6.58 Å². The Bertz CT molecular complexity index is 289. The number of halogens is 1. The van der Waals surface area contributed by atoms with Crippen LogP contribution in [0, 0.1) is 12.8 Å². The SMILES string of the molecule is C=C[C](C)c1ccc(C)c(Br)c1. The van der Waals surface area contributed by atoms with Crippen LogP contribution in [0.25, 0.3) is 0 Å². The Balaban J connectivity index is 3.04. The third kappa shape index (κ3) is 1.98. The lowest BCUT2D eigenvalue weighted by Crippen LogP contribution is -1.89. The molecule has 1 rings (SSSR count). The molecular weight excluding hydrogens is 212 g/mol. The van der Waals surface area contributed by atoms with E-state index < -0.39 is 0 Å². The lowest BCUT2D eigenvalue weighted by molar-refractivity contribution is 1.24. The molecule has 63 valence electrons. The van der Waals surface area contributed by atoms with Crippen LogP contribution in [-0.4, -0.2) is 0 Å². The highest BCUT2D eigenvalue weighted by Gasteiger charge is 2.02. The van der Waals surface area contributed by atoms with Gasteiger partial charge in [0.25, 0.3) is 0 Å². The highest BCUT2D eigenvalue weighted by molar-refractivity contribution is 9.10. The van der Waals surface area contributed by atoms with Gasteiger partial charge in [-0.2, -0.15) is 0 Å². The Morgan fingerprint density at radius 3 is 2.67 bits per heavy atom. The number of hydrogen-bond acceptors (Lipinski definition) is 0. The molecule has 12 heavy (non-hydrogen) atoms. The largest absolute Gasteiger partial charge is 0.102 e. The minimum Gasteiger partial charge on any atom is -0.102 e. The molecule has 0 unspecified atom stereocenters. The van der Waals surface area contributed by atoms with Gasteiger partial charge in [0.05, 0.1) is 0 Å². The summed E-state index contributed by atoms with van der Waals surface area (Å²) in [5, 5.41) is 0. The fraction of sp³-hybridized carbons (Fsp3) is 0.182. The molecule has 0 amide bonds.